The molecule has 0 unspecified atom stereocenters. The fourth-order valence-electron chi connectivity index (χ4n) is 3.36. The van der Waals surface area contributed by atoms with Crippen LogP contribution in [0.5, 0.6) is 0 Å². The first-order chi connectivity index (χ1) is 12.8. The lowest BCUT2D eigenvalue weighted by molar-refractivity contribution is -0.132. The monoisotopic (exact) mass is 348 g/mol. The van der Waals surface area contributed by atoms with E-state index < -0.39 is 0 Å². The van der Waals surface area contributed by atoms with Crippen molar-refractivity contribution in [2.75, 3.05) is 6.54 Å². The van der Waals surface area contributed by atoms with E-state index in [9.17, 15) is 4.79 Å². The van der Waals surface area contributed by atoms with Gasteiger partial charge in [0.2, 0.25) is 17.6 Å². The Morgan fingerprint density at radius 2 is 2.00 bits per heavy atom. The molecule has 3 heterocycles. The molecule has 1 aromatic carbocycles. The Bertz CT molecular complexity index is 864. The summed E-state index contributed by atoms with van der Waals surface area (Å²) in [5.41, 5.74) is 1.87. The zero-order chi connectivity index (χ0) is 17.8. The lowest BCUT2D eigenvalue weighted by Crippen LogP contribution is -2.31. The zero-order valence-electron chi connectivity index (χ0n) is 14.4. The summed E-state index contributed by atoms with van der Waals surface area (Å²) in [6.45, 7) is 0.777. The number of aromatic nitrogens is 3. The molecule has 0 spiro atoms. The number of pyridine rings is 1. The van der Waals surface area contributed by atoms with Crippen molar-refractivity contribution in [2.24, 2.45) is 0 Å². The molecular weight excluding hydrogens is 328 g/mol. The SMILES string of the molecule is O=C(CCc1nc(-c2ccccc2)no1)N1CCC[C@H]1c1ccccn1. The Morgan fingerprint density at radius 3 is 2.81 bits per heavy atom. The average molecular weight is 348 g/mol. The van der Waals surface area contributed by atoms with E-state index in [2.05, 4.69) is 15.1 Å². The molecular formula is C20H20N4O2. The summed E-state index contributed by atoms with van der Waals surface area (Å²) in [4.78, 5) is 23.4. The highest BCUT2D eigenvalue weighted by Crippen LogP contribution is 2.31. The largest absolute Gasteiger partial charge is 0.339 e. The van der Waals surface area contributed by atoms with Crippen molar-refractivity contribution in [3.8, 4) is 11.4 Å². The molecule has 2 aromatic heterocycles. The third-order valence-corrected chi connectivity index (χ3v) is 4.66. The Kier molecular flexibility index (Phi) is 4.73. The van der Waals surface area contributed by atoms with E-state index in [4.69, 9.17) is 4.52 Å². The van der Waals surface area contributed by atoms with E-state index in [0.717, 1.165) is 30.6 Å². The van der Waals surface area contributed by atoms with E-state index in [-0.39, 0.29) is 11.9 Å². The Morgan fingerprint density at radius 1 is 1.15 bits per heavy atom. The first kappa shape index (κ1) is 16.4. The molecule has 3 aromatic rings. The number of benzene rings is 1. The van der Waals surface area contributed by atoms with Crippen LogP contribution in [0.2, 0.25) is 0 Å². The fourth-order valence-corrected chi connectivity index (χ4v) is 3.36. The van der Waals surface area contributed by atoms with Gasteiger partial charge in [0.25, 0.3) is 0 Å². The molecule has 0 saturated carbocycles. The molecule has 6 heteroatoms. The molecule has 1 saturated heterocycles. The number of hydrogen-bond acceptors (Lipinski definition) is 5. The van der Waals surface area contributed by atoms with Crippen LogP contribution >= 0.6 is 0 Å². The zero-order valence-corrected chi connectivity index (χ0v) is 14.4. The van der Waals surface area contributed by atoms with Crippen LogP contribution in [0.25, 0.3) is 11.4 Å². The maximum absolute atomic E-state index is 12.7. The summed E-state index contributed by atoms with van der Waals surface area (Å²) < 4.78 is 5.30. The first-order valence-corrected chi connectivity index (χ1v) is 8.89. The first-order valence-electron chi connectivity index (χ1n) is 8.89. The second-order valence-electron chi connectivity index (χ2n) is 6.38. The van der Waals surface area contributed by atoms with Gasteiger partial charge in [-0.1, -0.05) is 41.6 Å². The maximum Gasteiger partial charge on any atom is 0.227 e. The average Bonchev–Trinajstić information content (AvgIpc) is 3.37. The second-order valence-corrected chi connectivity index (χ2v) is 6.38. The molecule has 132 valence electrons. The Balaban J connectivity index is 1.39. The molecule has 26 heavy (non-hydrogen) atoms. The van der Waals surface area contributed by atoms with Gasteiger partial charge in [-0.3, -0.25) is 9.78 Å². The number of hydrogen-bond donors (Lipinski definition) is 0. The van der Waals surface area contributed by atoms with E-state index in [0.29, 0.717) is 24.6 Å². The second kappa shape index (κ2) is 7.47. The number of amides is 1. The van der Waals surface area contributed by atoms with Crippen LogP contribution in [-0.4, -0.2) is 32.5 Å². The molecule has 4 rings (SSSR count). The predicted octanol–water partition coefficient (Wildman–Crippen LogP) is 3.43. The van der Waals surface area contributed by atoms with Gasteiger partial charge in [-0.25, -0.2) is 0 Å². The van der Waals surface area contributed by atoms with Gasteiger partial charge >= 0.3 is 0 Å². The van der Waals surface area contributed by atoms with Gasteiger partial charge in [0.1, 0.15) is 0 Å². The molecule has 1 amide bonds. The third kappa shape index (κ3) is 3.49. The van der Waals surface area contributed by atoms with Crippen molar-refractivity contribution in [1.82, 2.24) is 20.0 Å². The number of likely N-dealkylation sites (tertiary alicyclic amines) is 1. The van der Waals surface area contributed by atoms with Gasteiger partial charge in [-0.05, 0) is 25.0 Å². The van der Waals surface area contributed by atoms with Crippen LogP contribution in [0.3, 0.4) is 0 Å². The van der Waals surface area contributed by atoms with Gasteiger partial charge in [-0.15, -0.1) is 0 Å². The summed E-state index contributed by atoms with van der Waals surface area (Å²) >= 11 is 0. The fraction of sp³-hybridized carbons (Fsp3) is 0.300. The number of rotatable bonds is 5. The van der Waals surface area contributed by atoms with Gasteiger partial charge in [0, 0.05) is 31.1 Å². The van der Waals surface area contributed by atoms with Crippen LogP contribution < -0.4 is 0 Å². The third-order valence-electron chi connectivity index (χ3n) is 4.66. The number of carbonyl (C=O) groups is 1. The smallest absolute Gasteiger partial charge is 0.227 e. The van der Waals surface area contributed by atoms with E-state index in [1.54, 1.807) is 6.20 Å². The summed E-state index contributed by atoms with van der Waals surface area (Å²) in [5.74, 6) is 1.16. The molecule has 1 aliphatic rings. The topological polar surface area (TPSA) is 72.1 Å². The van der Waals surface area contributed by atoms with Gasteiger partial charge in [0.05, 0.1) is 11.7 Å². The van der Waals surface area contributed by atoms with Crippen LogP contribution in [-0.2, 0) is 11.2 Å². The van der Waals surface area contributed by atoms with Crippen molar-refractivity contribution in [1.29, 1.82) is 0 Å². The molecule has 0 N–H and O–H groups in total. The Labute approximate surface area is 151 Å². The van der Waals surface area contributed by atoms with E-state index >= 15 is 0 Å². The van der Waals surface area contributed by atoms with Crippen LogP contribution in [0.1, 0.15) is 36.9 Å². The molecule has 0 bridgehead atoms. The minimum atomic E-state index is 0.0752. The van der Waals surface area contributed by atoms with Crippen molar-refractivity contribution in [2.45, 2.75) is 31.7 Å². The summed E-state index contributed by atoms with van der Waals surface area (Å²) in [6, 6.07) is 15.6. The molecule has 6 nitrogen and oxygen atoms in total. The standard InChI is InChI=1S/C20H20N4O2/c25-19(24-14-6-10-17(24)16-9-4-5-13-21-16)12-11-18-22-20(23-26-18)15-7-2-1-3-8-15/h1-5,7-9,13,17H,6,10-12,14H2/t17-/m0/s1. The predicted molar refractivity (Wildman–Crippen MR) is 96.0 cm³/mol. The number of carbonyl (C=O) groups excluding carboxylic acids is 1. The van der Waals surface area contributed by atoms with E-state index in [1.165, 1.54) is 0 Å². The van der Waals surface area contributed by atoms with Crippen LogP contribution in [0.4, 0.5) is 0 Å². The van der Waals surface area contributed by atoms with Crippen molar-refractivity contribution in [3.63, 3.8) is 0 Å². The molecule has 1 aliphatic heterocycles. The van der Waals surface area contributed by atoms with Gasteiger partial charge in [-0.2, -0.15) is 4.98 Å². The molecule has 0 radical (unpaired) electrons. The molecule has 1 atom stereocenters. The Hall–Kier alpha value is -3.02. The minimum absolute atomic E-state index is 0.0752. The highest BCUT2D eigenvalue weighted by molar-refractivity contribution is 5.77. The van der Waals surface area contributed by atoms with Crippen molar-refractivity contribution in [3.05, 3.63) is 66.3 Å². The minimum Gasteiger partial charge on any atom is -0.339 e. The lowest BCUT2D eigenvalue weighted by atomic mass is 10.1. The summed E-state index contributed by atoms with van der Waals surface area (Å²) in [6.07, 6.45) is 4.55. The van der Waals surface area contributed by atoms with Gasteiger partial charge < -0.3 is 9.42 Å². The molecule has 0 aliphatic carbocycles. The van der Waals surface area contributed by atoms with Gasteiger partial charge in [0.15, 0.2) is 0 Å². The molecule has 1 fully saturated rings. The van der Waals surface area contributed by atoms with Crippen LogP contribution in [0.15, 0.2) is 59.3 Å². The van der Waals surface area contributed by atoms with E-state index in [1.807, 2.05) is 53.4 Å². The quantitative estimate of drug-likeness (QED) is 0.706. The summed E-state index contributed by atoms with van der Waals surface area (Å²) in [5, 5.41) is 4.00. The lowest BCUT2D eigenvalue weighted by Gasteiger charge is -2.24. The highest BCUT2D eigenvalue weighted by atomic mass is 16.5. The normalized spacial score (nSPS) is 16.8. The number of aryl methyl sites for hydroxylation is 1. The number of nitrogens with zero attached hydrogens (tertiary/aromatic N) is 4. The maximum atomic E-state index is 12.7. The van der Waals surface area contributed by atoms with Crippen molar-refractivity contribution >= 4 is 5.91 Å². The highest BCUT2D eigenvalue weighted by Gasteiger charge is 2.30. The van der Waals surface area contributed by atoms with Crippen molar-refractivity contribution < 1.29 is 9.32 Å². The summed E-state index contributed by atoms with van der Waals surface area (Å²) in [7, 11) is 0. The van der Waals surface area contributed by atoms with Crippen LogP contribution in [0, 0.1) is 0 Å².